The van der Waals surface area contributed by atoms with Crippen molar-refractivity contribution in [3.05, 3.63) is 0 Å². The topological polar surface area (TPSA) is 89.0 Å². The minimum absolute atomic E-state index is 0.142. The number of hydrogen-bond donors (Lipinski definition) is 4. The number of nitrogens with one attached hydrogen (secondary N) is 3. The molecule has 4 fully saturated rings. The van der Waals surface area contributed by atoms with Gasteiger partial charge in [0, 0.05) is 12.6 Å². The molecule has 4 rings (SSSR count). The normalized spacial score (nSPS) is 40.6. The van der Waals surface area contributed by atoms with Crippen LogP contribution >= 0.6 is 0 Å². The Balaban J connectivity index is 1.78. The fraction of sp³-hybridized carbons (Fsp3) is 0.846. The van der Waals surface area contributed by atoms with Gasteiger partial charge in [-0.1, -0.05) is 0 Å². The van der Waals surface area contributed by atoms with Crippen LogP contribution in [-0.4, -0.2) is 29.4 Å². The van der Waals surface area contributed by atoms with Crippen molar-refractivity contribution in [2.24, 2.45) is 23.5 Å². The molecule has 0 heterocycles. The summed E-state index contributed by atoms with van der Waals surface area (Å²) in [5, 5.41) is 17.9. The molecule has 0 amide bonds. The Hall–Kier alpha value is -1.26. The molecule has 0 aromatic heterocycles. The molecule has 0 aromatic carbocycles. The Morgan fingerprint density at radius 2 is 1.56 bits per heavy atom. The number of hydrogen-bond acceptors (Lipinski definition) is 2. The number of nitrogens with two attached hydrogens (primary N) is 1. The van der Waals surface area contributed by atoms with Crippen LogP contribution in [0.1, 0.15) is 38.5 Å². The third-order valence-electron chi connectivity index (χ3n) is 5.31. The first-order valence-electron chi connectivity index (χ1n) is 6.92. The zero-order valence-corrected chi connectivity index (χ0v) is 11.0. The molecule has 18 heavy (non-hydrogen) atoms. The Morgan fingerprint density at radius 3 is 1.94 bits per heavy atom. The zero-order chi connectivity index (χ0) is 12.9. The highest BCUT2D eigenvalue weighted by Crippen LogP contribution is 2.57. The highest BCUT2D eigenvalue weighted by molar-refractivity contribution is 5.95. The summed E-state index contributed by atoms with van der Waals surface area (Å²) in [5.41, 5.74) is 5.49. The molecule has 0 atom stereocenters. The minimum Gasteiger partial charge on any atom is -0.370 e. The number of nitrogens with zero attached hydrogens (tertiary/aromatic N) is 1. The van der Waals surface area contributed by atoms with E-state index in [1.54, 1.807) is 0 Å². The van der Waals surface area contributed by atoms with Crippen LogP contribution in [0.25, 0.3) is 0 Å². The zero-order valence-electron chi connectivity index (χ0n) is 11.0. The fourth-order valence-electron chi connectivity index (χ4n) is 4.92. The molecule has 0 saturated heterocycles. The maximum absolute atomic E-state index is 8.05. The van der Waals surface area contributed by atoms with Gasteiger partial charge in [-0.15, -0.1) is 0 Å². The predicted molar refractivity (Wildman–Crippen MR) is 71.4 cm³/mol. The van der Waals surface area contributed by atoms with E-state index in [9.17, 15) is 0 Å². The first-order valence-corrected chi connectivity index (χ1v) is 6.92. The molecule has 4 saturated carbocycles. The van der Waals surface area contributed by atoms with E-state index in [4.69, 9.17) is 16.6 Å². The molecule has 4 aliphatic rings. The molecule has 4 aliphatic carbocycles. The van der Waals surface area contributed by atoms with E-state index in [2.05, 4.69) is 10.2 Å². The summed E-state index contributed by atoms with van der Waals surface area (Å²) in [4.78, 5) is 2.05. The van der Waals surface area contributed by atoms with E-state index < -0.39 is 0 Å². The summed E-state index contributed by atoms with van der Waals surface area (Å²) >= 11 is 0. The summed E-state index contributed by atoms with van der Waals surface area (Å²) in [5.74, 6) is 2.73. The van der Waals surface area contributed by atoms with Gasteiger partial charge in [0.05, 0.1) is 0 Å². The van der Waals surface area contributed by atoms with Gasteiger partial charge >= 0.3 is 0 Å². The van der Waals surface area contributed by atoms with Crippen LogP contribution in [0.3, 0.4) is 0 Å². The second kappa shape index (κ2) is 3.87. The van der Waals surface area contributed by atoms with Crippen LogP contribution < -0.4 is 11.1 Å². The molecule has 0 radical (unpaired) electrons. The van der Waals surface area contributed by atoms with E-state index in [0.29, 0.717) is 0 Å². The monoisotopic (exact) mass is 249 g/mol. The Labute approximate surface area is 108 Å². The average Bonchev–Trinajstić information content (AvgIpc) is 2.25. The van der Waals surface area contributed by atoms with Crippen molar-refractivity contribution in [3.63, 3.8) is 0 Å². The van der Waals surface area contributed by atoms with E-state index in [0.717, 1.165) is 17.8 Å². The molecule has 100 valence electrons. The lowest BCUT2D eigenvalue weighted by Crippen LogP contribution is -2.62. The maximum Gasteiger partial charge on any atom is 0.198 e. The van der Waals surface area contributed by atoms with Gasteiger partial charge in [-0.2, -0.15) is 0 Å². The van der Waals surface area contributed by atoms with Gasteiger partial charge in [-0.05, 0) is 56.3 Å². The molecule has 0 unspecified atom stereocenters. The molecule has 5 heteroatoms. The lowest BCUT2D eigenvalue weighted by molar-refractivity contribution is -0.0556. The van der Waals surface area contributed by atoms with Crippen molar-refractivity contribution >= 4 is 11.9 Å². The highest BCUT2D eigenvalue weighted by Gasteiger charge is 2.53. The summed E-state index contributed by atoms with van der Waals surface area (Å²) in [7, 11) is 1.99. The van der Waals surface area contributed by atoms with Crippen LogP contribution in [0.2, 0.25) is 0 Å². The van der Waals surface area contributed by atoms with Crippen molar-refractivity contribution in [2.45, 2.75) is 44.1 Å². The molecule has 4 bridgehead atoms. The largest absolute Gasteiger partial charge is 0.370 e. The molecule has 5 nitrogen and oxygen atoms in total. The standard InChI is InChI=1S/C13H23N5/c1-18(12(16)17-11(14)15)13-5-8-2-9(6-13)4-10(3-8)7-13/h8-10H,2-7H2,1H3,(H5,14,15,16,17). The van der Waals surface area contributed by atoms with Crippen molar-refractivity contribution in [3.8, 4) is 0 Å². The Morgan fingerprint density at radius 1 is 1.11 bits per heavy atom. The van der Waals surface area contributed by atoms with E-state index in [1.165, 1.54) is 38.5 Å². The van der Waals surface area contributed by atoms with Crippen molar-refractivity contribution in [1.29, 1.82) is 10.8 Å². The number of rotatable bonds is 1. The second-order valence-electron chi connectivity index (χ2n) is 6.59. The molecule has 0 aromatic rings. The first-order chi connectivity index (χ1) is 8.48. The lowest BCUT2D eigenvalue weighted by Gasteiger charge is -2.60. The summed E-state index contributed by atoms with van der Waals surface area (Å²) < 4.78 is 0. The third-order valence-corrected chi connectivity index (χ3v) is 5.31. The first kappa shape index (κ1) is 11.8. The van der Waals surface area contributed by atoms with E-state index in [1.807, 2.05) is 7.05 Å². The van der Waals surface area contributed by atoms with E-state index in [-0.39, 0.29) is 17.5 Å². The van der Waals surface area contributed by atoms with Gasteiger partial charge in [-0.25, -0.2) is 0 Å². The molecular weight excluding hydrogens is 226 g/mol. The maximum atomic E-state index is 8.05. The SMILES string of the molecule is CN(C(=N)NC(=N)N)C12CC3CC(CC(C3)C1)C2. The molecule has 0 aliphatic heterocycles. The van der Waals surface area contributed by atoms with Gasteiger partial charge in [0.2, 0.25) is 0 Å². The lowest BCUT2D eigenvalue weighted by atomic mass is 9.52. The van der Waals surface area contributed by atoms with Crippen LogP contribution in [0.4, 0.5) is 0 Å². The smallest absolute Gasteiger partial charge is 0.198 e. The summed E-state index contributed by atoms with van der Waals surface area (Å²) in [6.45, 7) is 0. The van der Waals surface area contributed by atoms with Crippen LogP contribution in [0.15, 0.2) is 0 Å². The predicted octanol–water partition coefficient (Wildman–Crippen LogP) is 1.30. The van der Waals surface area contributed by atoms with Crippen molar-refractivity contribution < 1.29 is 0 Å². The van der Waals surface area contributed by atoms with Gasteiger partial charge in [-0.3, -0.25) is 16.1 Å². The second-order valence-corrected chi connectivity index (χ2v) is 6.59. The van der Waals surface area contributed by atoms with Crippen LogP contribution in [-0.2, 0) is 0 Å². The van der Waals surface area contributed by atoms with Crippen LogP contribution in [0.5, 0.6) is 0 Å². The van der Waals surface area contributed by atoms with Gasteiger partial charge in [0.1, 0.15) is 0 Å². The van der Waals surface area contributed by atoms with Crippen LogP contribution in [0, 0.1) is 28.6 Å². The quantitative estimate of drug-likeness (QED) is 0.417. The van der Waals surface area contributed by atoms with Gasteiger partial charge in [0.25, 0.3) is 0 Å². The fourth-order valence-corrected chi connectivity index (χ4v) is 4.92. The average molecular weight is 249 g/mol. The Bertz CT molecular complexity index is 354. The molecule has 0 spiro atoms. The Kier molecular flexibility index (Phi) is 2.54. The number of guanidine groups is 2. The third kappa shape index (κ3) is 1.76. The summed E-state index contributed by atoms with van der Waals surface area (Å²) in [6.07, 6.45) is 7.87. The van der Waals surface area contributed by atoms with Gasteiger partial charge in [0.15, 0.2) is 11.9 Å². The van der Waals surface area contributed by atoms with Gasteiger partial charge < -0.3 is 10.6 Å². The van der Waals surface area contributed by atoms with Crippen molar-refractivity contribution in [1.82, 2.24) is 10.2 Å². The molecule has 5 N–H and O–H groups in total. The molecular formula is C13H23N5. The summed E-state index contributed by atoms with van der Waals surface area (Å²) in [6, 6.07) is 0. The van der Waals surface area contributed by atoms with Crippen molar-refractivity contribution in [2.75, 3.05) is 7.05 Å². The van der Waals surface area contributed by atoms with E-state index >= 15 is 0 Å². The highest BCUT2D eigenvalue weighted by atomic mass is 15.3. The minimum atomic E-state index is -0.142.